The van der Waals surface area contributed by atoms with E-state index in [-0.39, 0.29) is 5.69 Å². The lowest BCUT2D eigenvalue weighted by Crippen LogP contribution is -2.29. The van der Waals surface area contributed by atoms with E-state index in [2.05, 4.69) is 0 Å². The molecule has 0 aliphatic heterocycles. The third-order valence-corrected chi connectivity index (χ3v) is 1.53. The van der Waals surface area contributed by atoms with Gasteiger partial charge in [0, 0.05) is 5.69 Å². The molecular formula is C9H5F3N2O. The largest absolute Gasteiger partial charge is 0.471 e. The second-order valence-corrected chi connectivity index (χ2v) is 2.64. The molecule has 6 heteroatoms. The molecule has 0 unspecified atom stereocenters. The van der Waals surface area contributed by atoms with Gasteiger partial charge in [0.1, 0.15) is 0 Å². The molecule has 1 rings (SSSR count). The van der Waals surface area contributed by atoms with Crippen LogP contribution >= 0.6 is 0 Å². The van der Waals surface area contributed by atoms with Gasteiger partial charge in [0.2, 0.25) is 0 Å². The second-order valence-electron chi connectivity index (χ2n) is 2.64. The Labute approximate surface area is 83.1 Å². The number of anilines is 1. The number of carbonyl (C=O) groups excluding carboxylic acids is 1. The molecule has 0 fully saturated rings. The highest BCUT2D eigenvalue weighted by molar-refractivity contribution is 5.94. The summed E-state index contributed by atoms with van der Waals surface area (Å²) in [5.41, 5.74) is 0.302. The van der Waals surface area contributed by atoms with E-state index in [0.717, 1.165) is 0 Å². The number of amides is 1. The van der Waals surface area contributed by atoms with Crippen molar-refractivity contribution in [1.29, 1.82) is 5.26 Å². The van der Waals surface area contributed by atoms with Crippen LogP contribution in [0.4, 0.5) is 18.9 Å². The van der Waals surface area contributed by atoms with Crippen molar-refractivity contribution in [2.24, 2.45) is 0 Å². The van der Waals surface area contributed by atoms with Crippen LogP contribution in [-0.4, -0.2) is 12.1 Å². The number of hydrogen-bond donors (Lipinski definition) is 1. The smallest absolute Gasteiger partial charge is 0.318 e. The second kappa shape index (κ2) is 4.00. The molecule has 0 saturated heterocycles. The standard InChI is InChI=1S/C9H5F3N2O/c10-9(11,12)8(15)14-7-3-1-6(5-13)2-4-7/h1-4H,(H,14,15). The zero-order chi connectivity index (χ0) is 11.5. The van der Waals surface area contributed by atoms with Crippen LogP contribution in [0.3, 0.4) is 0 Å². The van der Waals surface area contributed by atoms with Crippen molar-refractivity contribution in [1.82, 2.24) is 0 Å². The number of nitrogens with zero attached hydrogens (tertiary/aromatic N) is 1. The molecule has 0 aliphatic carbocycles. The number of nitriles is 1. The monoisotopic (exact) mass is 214 g/mol. The number of hydrogen-bond acceptors (Lipinski definition) is 2. The maximum absolute atomic E-state index is 11.8. The SMILES string of the molecule is N#Cc1ccc(NC(=O)C(F)(F)F)cc1. The van der Waals surface area contributed by atoms with E-state index in [9.17, 15) is 18.0 Å². The van der Waals surface area contributed by atoms with Gasteiger partial charge in [0.05, 0.1) is 11.6 Å². The van der Waals surface area contributed by atoms with Crippen LogP contribution < -0.4 is 5.32 Å². The molecule has 1 aromatic rings. The van der Waals surface area contributed by atoms with E-state index < -0.39 is 12.1 Å². The maximum atomic E-state index is 11.8. The van der Waals surface area contributed by atoms with E-state index in [1.807, 2.05) is 0 Å². The molecule has 0 aromatic heterocycles. The first-order chi connectivity index (χ1) is 6.93. The fraction of sp³-hybridized carbons (Fsp3) is 0.111. The summed E-state index contributed by atoms with van der Waals surface area (Å²) < 4.78 is 35.4. The minimum Gasteiger partial charge on any atom is -0.318 e. The molecule has 0 bridgehead atoms. The summed E-state index contributed by atoms with van der Waals surface area (Å²) in [5.74, 6) is -2.03. The van der Waals surface area contributed by atoms with Crippen molar-refractivity contribution in [2.75, 3.05) is 5.32 Å². The van der Waals surface area contributed by atoms with Gasteiger partial charge in [-0.15, -0.1) is 0 Å². The molecule has 15 heavy (non-hydrogen) atoms. The third-order valence-electron chi connectivity index (χ3n) is 1.53. The zero-order valence-corrected chi connectivity index (χ0v) is 7.30. The first-order valence-corrected chi connectivity index (χ1v) is 3.82. The van der Waals surface area contributed by atoms with Crippen molar-refractivity contribution in [2.45, 2.75) is 6.18 Å². The Morgan fingerprint density at radius 2 is 1.80 bits per heavy atom. The van der Waals surface area contributed by atoms with E-state index >= 15 is 0 Å². The lowest BCUT2D eigenvalue weighted by Gasteiger charge is -2.07. The van der Waals surface area contributed by atoms with E-state index in [1.54, 1.807) is 11.4 Å². The number of carbonyl (C=O) groups is 1. The Morgan fingerprint density at radius 1 is 1.27 bits per heavy atom. The first-order valence-electron chi connectivity index (χ1n) is 3.82. The minimum absolute atomic E-state index is 0.00340. The summed E-state index contributed by atoms with van der Waals surface area (Å²) in [7, 11) is 0. The molecule has 1 amide bonds. The summed E-state index contributed by atoms with van der Waals surface area (Å²) in [6.07, 6.45) is -4.91. The summed E-state index contributed by atoms with van der Waals surface area (Å²) in [4.78, 5) is 10.5. The zero-order valence-electron chi connectivity index (χ0n) is 7.30. The van der Waals surface area contributed by atoms with Crippen LogP contribution in [0, 0.1) is 11.3 Å². The van der Waals surface area contributed by atoms with Gasteiger partial charge in [-0.05, 0) is 24.3 Å². The Balaban J connectivity index is 2.75. The molecule has 0 heterocycles. The van der Waals surface area contributed by atoms with Gasteiger partial charge in [0.15, 0.2) is 0 Å². The highest BCUT2D eigenvalue weighted by Crippen LogP contribution is 2.18. The maximum Gasteiger partial charge on any atom is 0.471 e. The fourth-order valence-corrected chi connectivity index (χ4v) is 0.830. The Kier molecular flexibility index (Phi) is 2.95. The van der Waals surface area contributed by atoms with Gasteiger partial charge >= 0.3 is 12.1 Å². The molecule has 0 spiro atoms. The summed E-state index contributed by atoms with van der Waals surface area (Å²) in [5, 5.41) is 10.1. The van der Waals surface area contributed by atoms with Gasteiger partial charge in [-0.3, -0.25) is 4.79 Å². The van der Waals surface area contributed by atoms with Gasteiger partial charge in [0.25, 0.3) is 0 Å². The average Bonchev–Trinajstić information content (AvgIpc) is 2.17. The Bertz CT molecular complexity index is 403. The van der Waals surface area contributed by atoms with Crippen LogP contribution in [-0.2, 0) is 4.79 Å². The number of benzene rings is 1. The number of halogens is 3. The van der Waals surface area contributed by atoms with Crippen LogP contribution in [0.5, 0.6) is 0 Å². The van der Waals surface area contributed by atoms with Crippen LogP contribution in [0.2, 0.25) is 0 Å². The molecule has 3 nitrogen and oxygen atoms in total. The molecule has 0 aliphatic rings. The third kappa shape index (κ3) is 2.98. The predicted molar refractivity (Wildman–Crippen MR) is 45.8 cm³/mol. The van der Waals surface area contributed by atoms with Crippen LogP contribution in [0.25, 0.3) is 0 Å². The van der Waals surface area contributed by atoms with Gasteiger partial charge < -0.3 is 5.32 Å². The first kappa shape index (κ1) is 11.0. The number of nitrogens with one attached hydrogen (secondary N) is 1. The molecule has 78 valence electrons. The molecule has 0 radical (unpaired) electrons. The van der Waals surface area contributed by atoms with E-state index in [1.165, 1.54) is 24.3 Å². The highest BCUT2D eigenvalue weighted by atomic mass is 19.4. The molecule has 1 N–H and O–H groups in total. The van der Waals surface area contributed by atoms with Gasteiger partial charge in [-0.1, -0.05) is 0 Å². The van der Waals surface area contributed by atoms with Gasteiger partial charge in [-0.25, -0.2) is 0 Å². The quantitative estimate of drug-likeness (QED) is 0.777. The summed E-state index contributed by atoms with van der Waals surface area (Å²) in [6.45, 7) is 0. The molecular weight excluding hydrogens is 209 g/mol. The molecule has 0 saturated carbocycles. The topological polar surface area (TPSA) is 52.9 Å². The summed E-state index contributed by atoms with van der Waals surface area (Å²) >= 11 is 0. The van der Waals surface area contributed by atoms with Gasteiger partial charge in [-0.2, -0.15) is 18.4 Å². The Hall–Kier alpha value is -2.03. The van der Waals surface area contributed by atoms with Crippen molar-refractivity contribution >= 4 is 11.6 Å². The average molecular weight is 214 g/mol. The number of rotatable bonds is 1. The van der Waals surface area contributed by atoms with Crippen molar-refractivity contribution in [3.05, 3.63) is 29.8 Å². The minimum atomic E-state index is -4.91. The van der Waals surface area contributed by atoms with Crippen molar-refractivity contribution in [3.63, 3.8) is 0 Å². The van der Waals surface area contributed by atoms with Crippen LogP contribution in [0.15, 0.2) is 24.3 Å². The number of alkyl halides is 3. The Morgan fingerprint density at radius 3 is 2.20 bits per heavy atom. The summed E-state index contributed by atoms with van der Waals surface area (Å²) in [6, 6.07) is 6.87. The van der Waals surface area contributed by atoms with Crippen molar-refractivity contribution in [3.8, 4) is 6.07 Å². The van der Waals surface area contributed by atoms with Crippen LogP contribution in [0.1, 0.15) is 5.56 Å². The fourth-order valence-electron chi connectivity index (χ4n) is 0.830. The predicted octanol–water partition coefficient (Wildman–Crippen LogP) is 2.06. The lowest BCUT2D eigenvalue weighted by molar-refractivity contribution is -0.167. The van der Waals surface area contributed by atoms with E-state index in [0.29, 0.717) is 5.56 Å². The highest BCUT2D eigenvalue weighted by Gasteiger charge is 2.38. The molecule has 1 aromatic carbocycles. The lowest BCUT2D eigenvalue weighted by atomic mass is 10.2. The van der Waals surface area contributed by atoms with Crippen molar-refractivity contribution < 1.29 is 18.0 Å². The molecule has 0 atom stereocenters. The normalized spacial score (nSPS) is 10.5. The van der Waals surface area contributed by atoms with E-state index in [4.69, 9.17) is 5.26 Å².